The van der Waals surface area contributed by atoms with Gasteiger partial charge in [-0.1, -0.05) is 115 Å². The van der Waals surface area contributed by atoms with Crippen molar-refractivity contribution >= 4 is 60.2 Å². The van der Waals surface area contributed by atoms with Gasteiger partial charge in [-0.3, -0.25) is 0 Å². The van der Waals surface area contributed by atoms with E-state index in [1.54, 1.807) is 0 Å². The van der Waals surface area contributed by atoms with Crippen molar-refractivity contribution in [2.45, 2.75) is 13.8 Å². The molecule has 0 bridgehead atoms. The highest BCUT2D eigenvalue weighted by molar-refractivity contribution is 6.18. The topological polar surface area (TPSA) is 3.24 Å². The highest BCUT2D eigenvalue weighted by Gasteiger charge is 2.21. The first-order valence-corrected chi connectivity index (χ1v) is 12.9. The zero-order valence-corrected chi connectivity index (χ0v) is 21.1. The first-order chi connectivity index (χ1) is 18.2. The molecule has 0 heterocycles. The maximum atomic E-state index is 2.48. The van der Waals surface area contributed by atoms with Gasteiger partial charge < -0.3 is 4.90 Å². The molecule has 37 heavy (non-hydrogen) atoms. The summed E-state index contributed by atoms with van der Waals surface area (Å²) in [7, 11) is 0. The van der Waals surface area contributed by atoms with Crippen LogP contribution in [0.15, 0.2) is 127 Å². The first-order valence-electron chi connectivity index (χ1n) is 12.9. The van der Waals surface area contributed by atoms with E-state index in [1.165, 1.54) is 71.3 Å². The molecule has 7 aromatic rings. The van der Waals surface area contributed by atoms with E-state index in [-0.39, 0.29) is 0 Å². The maximum absolute atomic E-state index is 2.48. The summed E-state index contributed by atoms with van der Waals surface area (Å²) in [6.07, 6.45) is 0. The van der Waals surface area contributed by atoms with Gasteiger partial charge in [-0.2, -0.15) is 0 Å². The molecule has 0 unspecified atom stereocenters. The summed E-state index contributed by atoms with van der Waals surface area (Å²) in [6.45, 7) is 4.39. The third-order valence-corrected chi connectivity index (χ3v) is 7.57. The number of benzene rings is 7. The summed E-state index contributed by atoms with van der Waals surface area (Å²) in [5.74, 6) is 0. The number of rotatable bonds is 3. The predicted molar refractivity (Wildman–Crippen MR) is 161 cm³/mol. The molecule has 0 atom stereocenters. The van der Waals surface area contributed by atoms with Gasteiger partial charge in [-0.25, -0.2) is 0 Å². The molecule has 1 heteroatoms. The quantitative estimate of drug-likeness (QED) is 0.231. The Labute approximate surface area is 217 Å². The molecule has 0 aromatic heterocycles. The van der Waals surface area contributed by atoms with Crippen LogP contribution < -0.4 is 4.90 Å². The highest BCUT2D eigenvalue weighted by atomic mass is 15.1. The second-order valence-electron chi connectivity index (χ2n) is 9.95. The van der Waals surface area contributed by atoms with Gasteiger partial charge in [0.25, 0.3) is 0 Å². The minimum Gasteiger partial charge on any atom is -0.309 e. The van der Waals surface area contributed by atoms with Crippen molar-refractivity contribution < 1.29 is 0 Å². The van der Waals surface area contributed by atoms with E-state index in [4.69, 9.17) is 0 Å². The van der Waals surface area contributed by atoms with Crippen LogP contribution in [0, 0.1) is 13.8 Å². The average Bonchev–Trinajstić information content (AvgIpc) is 2.94. The standard InChI is InChI=1S/C36H27N/c1-24-19-20-34(25(2)21-24)37(35-22-26-11-3-5-13-28(26)30-15-7-9-17-32(30)35)36-23-27-12-4-6-14-29(27)31-16-8-10-18-33(31)36/h3-23H,1-2H3. The number of aryl methyl sites for hydroxylation is 2. The van der Waals surface area contributed by atoms with Crippen LogP contribution in [0.2, 0.25) is 0 Å². The fourth-order valence-corrected chi connectivity index (χ4v) is 5.88. The lowest BCUT2D eigenvalue weighted by Gasteiger charge is -2.30. The van der Waals surface area contributed by atoms with Gasteiger partial charge in [0.2, 0.25) is 0 Å². The number of anilines is 3. The SMILES string of the molecule is Cc1ccc(N(c2cc3ccccc3c3ccccc23)c2cc3ccccc3c3ccccc23)c(C)c1. The van der Waals surface area contributed by atoms with Crippen molar-refractivity contribution in [3.63, 3.8) is 0 Å². The van der Waals surface area contributed by atoms with Crippen LogP contribution in [-0.2, 0) is 0 Å². The van der Waals surface area contributed by atoms with E-state index in [1.807, 2.05) is 0 Å². The zero-order valence-electron chi connectivity index (χ0n) is 21.1. The lowest BCUT2D eigenvalue weighted by atomic mass is 9.96. The van der Waals surface area contributed by atoms with Gasteiger partial charge >= 0.3 is 0 Å². The van der Waals surface area contributed by atoms with Crippen molar-refractivity contribution in [1.29, 1.82) is 0 Å². The normalized spacial score (nSPS) is 11.5. The molecule has 1 nitrogen and oxygen atoms in total. The van der Waals surface area contributed by atoms with Gasteiger partial charge in [0.15, 0.2) is 0 Å². The Hall–Kier alpha value is -4.62. The maximum Gasteiger partial charge on any atom is 0.0546 e. The minimum absolute atomic E-state index is 1.20. The molecule has 0 aliphatic heterocycles. The summed E-state index contributed by atoms with van der Waals surface area (Å²) in [4.78, 5) is 2.48. The summed E-state index contributed by atoms with van der Waals surface area (Å²) in [5.41, 5.74) is 6.12. The largest absolute Gasteiger partial charge is 0.309 e. The van der Waals surface area contributed by atoms with E-state index >= 15 is 0 Å². The van der Waals surface area contributed by atoms with Crippen molar-refractivity contribution in [3.8, 4) is 0 Å². The lowest BCUT2D eigenvalue weighted by molar-refractivity contribution is 1.26. The molecule has 0 saturated carbocycles. The van der Waals surface area contributed by atoms with E-state index in [0.29, 0.717) is 0 Å². The van der Waals surface area contributed by atoms with E-state index in [9.17, 15) is 0 Å². The summed E-state index contributed by atoms with van der Waals surface area (Å²) < 4.78 is 0. The Balaban J connectivity index is 1.66. The second-order valence-corrected chi connectivity index (χ2v) is 9.95. The van der Waals surface area contributed by atoms with Crippen LogP contribution in [0.4, 0.5) is 17.1 Å². The minimum atomic E-state index is 1.20. The summed E-state index contributed by atoms with van der Waals surface area (Å²) >= 11 is 0. The number of fused-ring (bicyclic) bond motifs is 6. The summed E-state index contributed by atoms with van der Waals surface area (Å²) in [6, 6.07) is 46.6. The summed E-state index contributed by atoms with van der Waals surface area (Å²) in [5, 5.41) is 10.1. The molecule has 0 aliphatic carbocycles. The van der Waals surface area contributed by atoms with Crippen LogP contribution in [0.1, 0.15) is 11.1 Å². The van der Waals surface area contributed by atoms with Crippen molar-refractivity contribution in [2.24, 2.45) is 0 Å². The monoisotopic (exact) mass is 473 g/mol. The van der Waals surface area contributed by atoms with E-state index in [0.717, 1.165) is 0 Å². The fourth-order valence-electron chi connectivity index (χ4n) is 5.88. The molecule has 0 radical (unpaired) electrons. The third kappa shape index (κ3) is 3.47. The van der Waals surface area contributed by atoms with Crippen LogP contribution in [0.25, 0.3) is 43.1 Å². The Morgan fingerprint density at radius 3 is 1.30 bits per heavy atom. The van der Waals surface area contributed by atoms with Gasteiger partial charge in [-0.05, 0) is 69.9 Å². The third-order valence-electron chi connectivity index (χ3n) is 7.57. The van der Waals surface area contributed by atoms with Crippen molar-refractivity contribution in [3.05, 3.63) is 139 Å². The van der Waals surface area contributed by atoms with E-state index < -0.39 is 0 Å². The highest BCUT2D eigenvalue weighted by Crippen LogP contribution is 2.46. The van der Waals surface area contributed by atoms with Gasteiger partial charge in [0.1, 0.15) is 0 Å². The van der Waals surface area contributed by atoms with Crippen LogP contribution in [0.3, 0.4) is 0 Å². The Morgan fingerprint density at radius 1 is 0.378 bits per heavy atom. The number of hydrogen-bond donors (Lipinski definition) is 0. The fraction of sp³-hybridized carbons (Fsp3) is 0.0556. The first kappa shape index (κ1) is 21.6. The van der Waals surface area contributed by atoms with Crippen molar-refractivity contribution in [1.82, 2.24) is 0 Å². The van der Waals surface area contributed by atoms with Crippen molar-refractivity contribution in [2.75, 3.05) is 4.90 Å². The second kappa shape index (κ2) is 8.50. The molecule has 0 N–H and O–H groups in total. The smallest absolute Gasteiger partial charge is 0.0546 e. The van der Waals surface area contributed by atoms with Crippen LogP contribution in [0.5, 0.6) is 0 Å². The zero-order chi connectivity index (χ0) is 24.9. The molecule has 7 aromatic carbocycles. The molecule has 0 fully saturated rings. The molecule has 7 rings (SSSR count). The molecule has 0 saturated heterocycles. The van der Waals surface area contributed by atoms with E-state index in [2.05, 4.69) is 146 Å². The Bertz CT molecular complexity index is 1850. The van der Waals surface area contributed by atoms with Gasteiger partial charge in [0, 0.05) is 16.5 Å². The van der Waals surface area contributed by atoms with Crippen LogP contribution >= 0.6 is 0 Å². The van der Waals surface area contributed by atoms with Gasteiger partial charge in [0.05, 0.1) is 11.4 Å². The van der Waals surface area contributed by atoms with Crippen LogP contribution in [-0.4, -0.2) is 0 Å². The Kier molecular flexibility index (Phi) is 4.97. The molecule has 0 amide bonds. The predicted octanol–water partition coefficient (Wildman–Crippen LogP) is 10.4. The molecule has 0 spiro atoms. The molecular weight excluding hydrogens is 446 g/mol. The average molecular weight is 474 g/mol. The number of hydrogen-bond acceptors (Lipinski definition) is 1. The van der Waals surface area contributed by atoms with Gasteiger partial charge in [-0.15, -0.1) is 0 Å². The lowest BCUT2D eigenvalue weighted by Crippen LogP contribution is -2.13. The molecule has 176 valence electrons. The Morgan fingerprint density at radius 2 is 0.811 bits per heavy atom. The molecule has 0 aliphatic rings. The number of nitrogens with zero attached hydrogens (tertiary/aromatic N) is 1. The molecular formula is C36H27N.